The lowest BCUT2D eigenvalue weighted by Gasteiger charge is -2.30. The Morgan fingerprint density at radius 1 is 1.14 bits per heavy atom. The van der Waals surface area contributed by atoms with Crippen LogP contribution in [0.5, 0.6) is 5.75 Å². The fourth-order valence-electron chi connectivity index (χ4n) is 2.98. The molecule has 0 aliphatic carbocycles. The first-order valence-corrected chi connectivity index (χ1v) is 11.3. The lowest BCUT2D eigenvalue weighted by atomic mass is 9.85. The maximum Gasteiger partial charge on any atom is 0.345 e. The number of anilines is 1. The number of aromatic hydroxyl groups is 1. The van der Waals surface area contributed by atoms with Gasteiger partial charge in [0.25, 0.3) is 5.91 Å². The number of benzene rings is 2. The second-order valence-electron chi connectivity index (χ2n) is 7.64. The summed E-state index contributed by atoms with van der Waals surface area (Å²) in [5.41, 5.74) is 1.69. The highest BCUT2D eigenvalue weighted by Gasteiger charge is 2.33. The lowest BCUT2D eigenvalue weighted by molar-refractivity contribution is -0.114. The molecule has 3 N–H and O–H groups in total. The summed E-state index contributed by atoms with van der Waals surface area (Å²) in [7, 11) is -4.44. The quantitative estimate of drug-likeness (QED) is 0.507. The number of rotatable bonds is 3. The molecule has 28 heavy (non-hydrogen) atoms. The molecule has 6 nitrogen and oxygen atoms in total. The predicted molar refractivity (Wildman–Crippen MR) is 111 cm³/mol. The van der Waals surface area contributed by atoms with E-state index in [1.54, 1.807) is 30.3 Å². The Morgan fingerprint density at radius 3 is 2.46 bits per heavy atom. The molecule has 0 radical (unpaired) electrons. The highest BCUT2D eigenvalue weighted by molar-refractivity contribution is 8.04. The smallest absolute Gasteiger partial charge is 0.345 e. The number of phenolic OH excluding ortho intramolecular Hbond substituents is 1. The van der Waals surface area contributed by atoms with Gasteiger partial charge in [0.15, 0.2) is 0 Å². The monoisotopic (exact) mass is 419 g/mol. The first-order chi connectivity index (χ1) is 13.0. The van der Waals surface area contributed by atoms with E-state index in [9.17, 15) is 24.3 Å². The minimum absolute atomic E-state index is 0.186. The Hall–Kier alpha value is -2.05. The lowest BCUT2D eigenvalue weighted by Crippen LogP contribution is -2.35. The van der Waals surface area contributed by atoms with Crippen molar-refractivity contribution in [2.45, 2.75) is 31.1 Å². The molecule has 1 aliphatic rings. The van der Waals surface area contributed by atoms with Crippen LogP contribution >= 0.6 is 19.4 Å². The van der Waals surface area contributed by atoms with Gasteiger partial charge >= 0.3 is 7.60 Å². The maximum absolute atomic E-state index is 13.0. The standard InChI is InChI=1S/C20H22NO5PS/c1-20(2,3)14-10-13(8-9-16(14)22)11-18-19(23)21(12-27(24,25)26)15-6-4-5-7-17(15)28-18/h4-11,22H,12H2,1-3H3,(H2,24,25,26)/b18-11+. The second-order valence-corrected chi connectivity index (χ2v) is 10.3. The Kier molecular flexibility index (Phi) is 5.47. The third kappa shape index (κ3) is 4.50. The highest BCUT2D eigenvalue weighted by atomic mass is 32.2. The van der Waals surface area contributed by atoms with Gasteiger partial charge in [0.2, 0.25) is 0 Å². The molecule has 0 spiro atoms. The third-order valence-corrected chi connectivity index (χ3v) is 6.01. The summed E-state index contributed by atoms with van der Waals surface area (Å²) < 4.78 is 11.6. The maximum atomic E-state index is 13.0. The fraction of sp³-hybridized carbons (Fsp3) is 0.250. The first-order valence-electron chi connectivity index (χ1n) is 8.64. The average Bonchev–Trinajstić information content (AvgIpc) is 2.58. The van der Waals surface area contributed by atoms with Crippen LogP contribution in [-0.4, -0.2) is 27.1 Å². The predicted octanol–water partition coefficient (Wildman–Crippen LogP) is 4.30. The van der Waals surface area contributed by atoms with Crippen molar-refractivity contribution in [2.24, 2.45) is 0 Å². The molecule has 2 aromatic rings. The van der Waals surface area contributed by atoms with E-state index >= 15 is 0 Å². The molecule has 1 aliphatic heterocycles. The second kappa shape index (κ2) is 7.41. The van der Waals surface area contributed by atoms with Gasteiger partial charge in [-0.1, -0.05) is 50.7 Å². The Morgan fingerprint density at radius 2 is 1.82 bits per heavy atom. The number of carbonyl (C=O) groups is 1. The van der Waals surface area contributed by atoms with Gasteiger partial charge in [0, 0.05) is 4.90 Å². The van der Waals surface area contributed by atoms with E-state index in [-0.39, 0.29) is 11.2 Å². The van der Waals surface area contributed by atoms with Crippen molar-refractivity contribution in [3.05, 3.63) is 58.5 Å². The van der Waals surface area contributed by atoms with Crippen LogP contribution in [0.4, 0.5) is 5.69 Å². The van der Waals surface area contributed by atoms with Crippen molar-refractivity contribution >= 4 is 37.0 Å². The molecule has 0 fully saturated rings. The van der Waals surface area contributed by atoms with Gasteiger partial charge in [0.1, 0.15) is 12.0 Å². The summed E-state index contributed by atoms with van der Waals surface area (Å²) in [5.74, 6) is -0.275. The van der Waals surface area contributed by atoms with Crippen molar-refractivity contribution in [2.75, 3.05) is 11.2 Å². The molecule has 0 bridgehead atoms. The van der Waals surface area contributed by atoms with Crippen LogP contribution in [0.2, 0.25) is 0 Å². The van der Waals surface area contributed by atoms with Gasteiger partial charge in [0.05, 0.1) is 10.6 Å². The van der Waals surface area contributed by atoms with Crippen molar-refractivity contribution in [1.29, 1.82) is 0 Å². The summed E-state index contributed by atoms with van der Waals surface area (Å²) in [6, 6.07) is 12.1. The Bertz CT molecular complexity index is 1010. The van der Waals surface area contributed by atoms with Gasteiger partial charge in [-0.05, 0) is 46.9 Å². The summed E-state index contributed by atoms with van der Waals surface area (Å²) >= 11 is 1.26. The molecule has 0 saturated heterocycles. The number of nitrogens with zero attached hydrogens (tertiary/aromatic N) is 1. The fourth-order valence-corrected chi connectivity index (χ4v) is 4.69. The van der Waals surface area contributed by atoms with Crippen LogP contribution in [0, 0.1) is 0 Å². The number of phenols is 1. The number of carbonyl (C=O) groups excluding carboxylic acids is 1. The summed E-state index contributed by atoms with van der Waals surface area (Å²) in [6.07, 6.45) is 1.01. The van der Waals surface area contributed by atoms with Gasteiger partial charge in [-0.15, -0.1) is 0 Å². The minimum Gasteiger partial charge on any atom is -0.508 e. The van der Waals surface area contributed by atoms with Gasteiger partial charge in [-0.2, -0.15) is 0 Å². The number of fused-ring (bicyclic) bond motifs is 1. The first kappa shape index (κ1) is 20.7. The van der Waals surface area contributed by atoms with Crippen molar-refractivity contribution < 1.29 is 24.3 Å². The Balaban J connectivity index is 2.06. The molecular formula is C20H22NO5PS. The van der Waals surface area contributed by atoms with Crippen LogP contribution in [0.25, 0.3) is 6.08 Å². The molecule has 8 heteroatoms. The molecule has 0 saturated carbocycles. The zero-order chi connectivity index (χ0) is 20.7. The van der Waals surface area contributed by atoms with Crippen LogP contribution in [-0.2, 0) is 14.8 Å². The average molecular weight is 419 g/mol. The van der Waals surface area contributed by atoms with Crippen LogP contribution in [0.15, 0.2) is 52.3 Å². The van der Waals surface area contributed by atoms with E-state index in [2.05, 4.69) is 0 Å². The summed E-state index contributed by atoms with van der Waals surface area (Å²) in [4.78, 5) is 34.0. The SMILES string of the molecule is CC(C)(C)c1cc(/C=C2/Sc3ccccc3N(CP(=O)(O)O)C2=O)ccc1O. The third-order valence-electron chi connectivity index (χ3n) is 4.28. The normalized spacial score (nSPS) is 16.4. The zero-order valence-electron chi connectivity index (χ0n) is 15.8. The topological polar surface area (TPSA) is 98.1 Å². The molecule has 1 amide bonds. The molecular weight excluding hydrogens is 397 g/mol. The molecule has 2 aromatic carbocycles. The number of para-hydroxylation sites is 1. The number of thioether (sulfide) groups is 1. The molecule has 1 heterocycles. The van der Waals surface area contributed by atoms with E-state index in [1.165, 1.54) is 11.8 Å². The number of hydrogen-bond donors (Lipinski definition) is 3. The van der Waals surface area contributed by atoms with Gasteiger partial charge < -0.3 is 14.9 Å². The number of amides is 1. The number of hydrogen-bond acceptors (Lipinski definition) is 4. The van der Waals surface area contributed by atoms with E-state index in [1.807, 2.05) is 39.0 Å². The van der Waals surface area contributed by atoms with Crippen LogP contribution < -0.4 is 4.90 Å². The van der Waals surface area contributed by atoms with Crippen LogP contribution in [0.3, 0.4) is 0 Å². The van der Waals surface area contributed by atoms with Crippen molar-refractivity contribution in [3.63, 3.8) is 0 Å². The van der Waals surface area contributed by atoms with E-state index in [4.69, 9.17) is 0 Å². The van der Waals surface area contributed by atoms with Crippen LogP contribution in [0.1, 0.15) is 31.9 Å². The minimum atomic E-state index is -4.44. The highest BCUT2D eigenvalue weighted by Crippen LogP contribution is 2.46. The zero-order valence-corrected chi connectivity index (χ0v) is 17.5. The molecule has 0 unspecified atom stereocenters. The van der Waals surface area contributed by atoms with Gasteiger partial charge in [-0.3, -0.25) is 14.3 Å². The molecule has 0 atom stereocenters. The molecule has 148 valence electrons. The van der Waals surface area contributed by atoms with Crippen molar-refractivity contribution in [1.82, 2.24) is 0 Å². The van der Waals surface area contributed by atoms with E-state index < -0.39 is 19.8 Å². The van der Waals surface area contributed by atoms with E-state index in [0.717, 1.165) is 20.9 Å². The molecule has 0 aromatic heterocycles. The summed E-state index contributed by atoms with van der Waals surface area (Å²) in [5, 5.41) is 10.1. The largest absolute Gasteiger partial charge is 0.508 e. The Labute approximate surface area is 168 Å². The van der Waals surface area contributed by atoms with E-state index in [0.29, 0.717) is 10.6 Å². The molecule has 3 rings (SSSR count). The van der Waals surface area contributed by atoms with Gasteiger partial charge in [-0.25, -0.2) is 0 Å². The summed E-state index contributed by atoms with van der Waals surface area (Å²) in [6.45, 7) is 5.95. The van der Waals surface area contributed by atoms with Crippen molar-refractivity contribution in [3.8, 4) is 5.75 Å².